The van der Waals surface area contributed by atoms with Gasteiger partial charge in [-0.15, -0.1) is 0 Å². The molecule has 15 heavy (non-hydrogen) atoms. The molecule has 0 aliphatic rings. The molecule has 0 unspecified atom stereocenters. The van der Waals surface area contributed by atoms with Crippen molar-refractivity contribution in [3.05, 3.63) is 47.8 Å². The van der Waals surface area contributed by atoms with Gasteiger partial charge in [0.2, 0.25) is 0 Å². The molecule has 0 saturated heterocycles. The van der Waals surface area contributed by atoms with Crippen molar-refractivity contribution in [2.24, 2.45) is 0 Å². The molecule has 0 radical (unpaired) electrons. The SMILES string of the molecule is Cc1cc(C=O)nc(-c2ccccc2)n1. The Balaban J connectivity index is 2.53. The van der Waals surface area contributed by atoms with Gasteiger partial charge >= 0.3 is 0 Å². The zero-order chi connectivity index (χ0) is 10.7. The van der Waals surface area contributed by atoms with E-state index in [-0.39, 0.29) is 0 Å². The lowest BCUT2D eigenvalue weighted by atomic mass is 10.2. The van der Waals surface area contributed by atoms with E-state index in [1.807, 2.05) is 37.3 Å². The molecule has 0 bridgehead atoms. The minimum atomic E-state index is 0.418. The van der Waals surface area contributed by atoms with Gasteiger partial charge in [0.05, 0.1) is 0 Å². The van der Waals surface area contributed by atoms with Crippen LogP contribution in [-0.2, 0) is 0 Å². The van der Waals surface area contributed by atoms with Crippen LogP contribution in [0.2, 0.25) is 0 Å². The molecular weight excluding hydrogens is 188 g/mol. The third-order valence-corrected chi connectivity index (χ3v) is 2.03. The Labute approximate surface area is 87.8 Å². The van der Waals surface area contributed by atoms with Gasteiger partial charge in [0.1, 0.15) is 5.69 Å². The molecule has 2 rings (SSSR count). The second-order valence-corrected chi connectivity index (χ2v) is 3.24. The summed E-state index contributed by atoms with van der Waals surface area (Å²) in [6, 6.07) is 11.3. The van der Waals surface area contributed by atoms with Crippen LogP contribution in [0.25, 0.3) is 11.4 Å². The molecule has 0 aliphatic heterocycles. The summed E-state index contributed by atoms with van der Waals surface area (Å²) in [6.07, 6.45) is 0.737. The predicted octanol–water partition coefficient (Wildman–Crippen LogP) is 2.26. The highest BCUT2D eigenvalue weighted by Crippen LogP contribution is 2.14. The second-order valence-electron chi connectivity index (χ2n) is 3.24. The molecule has 0 N–H and O–H groups in total. The first-order valence-electron chi connectivity index (χ1n) is 4.66. The third-order valence-electron chi connectivity index (χ3n) is 2.03. The van der Waals surface area contributed by atoms with E-state index in [4.69, 9.17) is 0 Å². The third kappa shape index (κ3) is 2.07. The van der Waals surface area contributed by atoms with Crippen molar-refractivity contribution in [3.63, 3.8) is 0 Å². The number of benzene rings is 1. The van der Waals surface area contributed by atoms with Gasteiger partial charge in [-0.2, -0.15) is 0 Å². The number of rotatable bonds is 2. The molecule has 1 heterocycles. The summed E-state index contributed by atoms with van der Waals surface area (Å²) in [4.78, 5) is 19.1. The van der Waals surface area contributed by atoms with Crippen LogP contribution in [0.5, 0.6) is 0 Å². The van der Waals surface area contributed by atoms with Gasteiger partial charge in [-0.1, -0.05) is 30.3 Å². The van der Waals surface area contributed by atoms with Crippen molar-refractivity contribution in [1.29, 1.82) is 0 Å². The summed E-state index contributed by atoms with van der Waals surface area (Å²) in [7, 11) is 0. The highest BCUT2D eigenvalue weighted by molar-refractivity contribution is 5.73. The Morgan fingerprint density at radius 1 is 1.13 bits per heavy atom. The van der Waals surface area contributed by atoms with E-state index in [1.54, 1.807) is 6.07 Å². The average Bonchev–Trinajstić information content (AvgIpc) is 2.29. The molecule has 0 amide bonds. The van der Waals surface area contributed by atoms with Crippen molar-refractivity contribution < 1.29 is 4.79 Å². The van der Waals surface area contributed by atoms with Crippen molar-refractivity contribution >= 4 is 6.29 Å². The van der Waals surface area contributed by atoms with E-state index in [2.05, 4.69) is 9.97 Å². The first kappa shape index (κ1) is 9.52. The topological polar surface area (TPSA) is 42.9 Å². The summed E-state index contributed by atoms with van der Waals surface area (Å²) in [6.45, 7) is 1.85. The molecule has 0 atom stereocenters. The summed E-state index contributed by atoms with van der Waals surface area (Å²) < 4.78 is 0. The Bertz CT molecular complexity index is 480. The smallest absolute Gasteiger partial charge is 0.168 e. The minimum Gasteiger partial charge on any atom is -0.296 e. The van der Waals surface area contributed by atoms with E-state index in [0.29, 0.717) is 11.5 Å². The highest BCUT2D eigenvalue weighted by Gasteiger charge is 2.03. The van der Waals surface area contributed by atoms with Crippen LogP contribution in [0.3, 0.4) is 0 Å². The molecule has 3 heteroatoms. The van der Waals surface area contributed by atoms with Crippen molar-refractivity contribution in [2.75, 3.05) is 0 Å². The van der Waals surface area contributed by atoms with Crippen molar-refractivity contribution in [2.45, 2.75) is 6.92 Å². The zero-order valence-corrected chi connectivity index (χ0v) is 8.34. The van der Waals surface area contributed by atoms with Gasteiger partial charge in [-0.25, -0.2) is 9.97 Å². The number of nitrogens with zero attached hydrogens (tertiary/aromatic N) is 2. The Hall–Kier alpha value is -2.03. The first-order valence-corrected chi connectivity index (χ1v) is 4.66. The standard InChI is InChI=1S/C12H10N2O/c1-9-7-11(8-15)14-12(13-9)10-5-3-2-4-6-10/h2-8H,1H3. The Kier molecular flexibility index (Phi) is 2.54. The molecule has 1 aromatic heterocycles. The lowest BCUT2D eigenvalue weighted by Crippen LogP contribution is -1.96. The van der Waals surface area contributed by atoms with Gasteiger partial charge in [0.15, 0.2) is 12.1 Å². The molecule has 74 valence electrons. The van der Waals surface area contributed by atoms with Crippen LogP contribution in [0, 0.1) is 6.92 Å². The molecule has 1 aromatic carbocycles. The number of aldehydes is 1. The Morgan fingerprint density at radius 2 is 1.87 bits per heavy atom. The first-order chi connectivity index (χ1) is 7.29. The predicted molar refractivity (Wildman–Crippen MR) is 57.6 cm³/mol. The van der Waals surface area contributed by atoms with Crippen LogP contribution in [0.1, 0.15) is 16.2 Å². The van der Waals surface area contributed by atoms with Crippen LogP contribution < -0.4 is 0 Å². The lowest BCUT2D eigenvalue weighted by Gasteiger charge is -2.01. The van der Waals surface area contributed by atoms with Crippen LogP contribution in [-0.4, -0.2) is 16.3 Å². The monoisotopic (exact) mass is 198 g/mol. The van der Waals surface area contributed by atoms with Gasteiger partial charge in [-0.3, -0.25) is 4.79 Å². The van der Waals surface area contributed by atoms with E-state index in [1.165, 1.54) is 0 Å². The molecule has 0 fully saturated rings. The Morgan fingerprint density at radius 3 is 2.53 bits per heavy atom. The number of hydrogen-bond acceptors (Lipinski definition) is 3. The molecule has 0 spiro atoms. The van der Waals surface area contributed by atoms with Crippen LogP contribution in [0.15, 0.2) is 36.4 Å². The molecule has 0 saturated carbocycles. The fourth-order valence-electron chi connectivity index (χ4n) is 1.37. The molecule has 0 aliphatic carbocycles. The zero-order valence-electron chi connectivity index (χ0n) is 8.34. The minimum absolute atomic E-state index is 0.418. The van der Waals surface area contributed by atoms with Crippen LogP contribution in [0.4, 0.5) is 0 Å². The fourth-order valence-corrected chi connectivity index (χ4v) is 1.37. The summed E-state index contributed by atoms with van der Waals surface area (Å²) in [5, 5.41) is 0. The van der Waals surface area contributed by atoms with Crippen LogP contribution >= 0.6 is 0 Å². The van der Waals surface area contributed by atoms with E-state index >= 15 is 0 Å². The van der Waals surface area contributed by atoms with Crippen molar-refractivity contribution in [1.82, 2.24) is 9.97 Å². The maximum Gasteiger partial charge on any atom is 0.168 e. The van der Waals surface area contributed by atoms with Gasteiger partial charge in [0.25, 0.3) is 0 Å². The van der Waals surface area contributed by atoms with Gasteiger partial charge < -0.3 is 0 Å². The quantitative estimate of drug-likeness (QED) is 0.695. The summed E-state index contributed by atoms with van der Waals surface area (Å²) >= 11 is 0. The highest BCUT2D eigenvalue weighted by atomic mass is 16.1. The number of hydrogen-bond donors (Lipinski definition) is 0. The van der Waals surface area contributed by atoms with E-state index in [0.717, 1.165) is 17.5 Å². The average molecular weight is 198 g/mol. The summed E-state index contributed by atoms with van der Waals surface area (Å²) in [5.74, 6) is 0.595. The number of carbonyl (C=O) groups excluding carboxylic acids is 1. The number of carbonyl (C=O) groups is 1. The van der Waals surface area contributed by atoms with E-state index < -0.39 is 0 Å². The number of aromatic nitrogens is 2. The lowest BCUT2D eigenvalue weighted by molar-refractivity contribution is 0.111. The summed E-state index contributed by atoms with van der Waals surface area (Å²) in [5.41, 5.74) is 2.14. The second kappa shape index (κ2) is 4.00. The number of aryl methyl sites for hydroxylation is 1. The largest absolute Gasteiger partial charge is 0.296 e. The molecule has 3 nitrogen and oxygen atoms in total. The van der Waals surface area contributed by atoms with Gasteiger partial charge in [0, 0.05) is 11.3 Å². The normalized spacial score (nSPS) is 9.93. The fraction of sp³-hybridized carbons (Fsp3) is 0.0833. The maximum absolute atomic E-state index is 10.7. The van der Waals surface area contributed by atoms with Gasteiger partial charge in [-0.05, 0) is 13.0 Å². The maximum atomic E-state index is 10.7. The van der Waals surface area contributed by atoms with Crippen molar-refractivity contribution in [3.8, 4) is 11.4 Å². The van der Waals surface area contributed by atoms with E-state index in [9.17, 15) is 4.79 Å². The molecular formula is C12H10N2O. The molecule has 2 aromatic rings.